The van der Waals surface area contributed by atoms with E-state index < -0.39 is 0 Å². The lowest BCUT2D eigenvalue weighted by molar-refractivity contribution is 0.0134. The monoisotopic (exact) mass is 264 g/mol. The molecule has 0 radical (unpaired) electrons. The molecule has 0 aromatic heterocycles. The lowest BCUT2D eigenvalue weighted by atomic mass is 10.1. The van der Waals surface area contributed by atoms with Crippen LogP contribution >= 0.6 is 12.2 Å². The van der Waals surface area contributed by atoms with E-state index in [1.807, 2.05) is 24.3 Å². The van der Waals surface area contributed by atoms with Crippen LogP contribution in [-0.2, 0) is 4.74 Å². The Morgan fingerprint density at radius 2 is 2.22 bits per heavy atom. The van der Waals surface area contributed by atoms with Gasteiger partial charge in [-0.05, 0) is 37.8 Å². The maximum Gasteiger partial charge on any atom is 0.106 e. The summed E-state index contributed by atoms with van der Waals surface area (Å²) >= 11 is 5.04. The molecular formula is C14H20N2OS. The maximum atomic E-state index is 5.70. The molecule has 4 heteroatoms. The first-order chi connectivity index (χ1) is 8.77. The summed E-state index contributed by atoms with van der Waals surface area (Å²) in [6, 6.07) is 7.89. The molecule has 0 spiro atoms. The molecule has 0 aliphatic carbocycles. The van der Waals surface area contributed by atoms with Crippen molar-refractivity contribution in [3.63, 3.8) is 0 Å². The molecule has 1 atom stereocenters. The average molecular weight is 264 g/mol. The minimum absolute atomic E-state index is 0.406. The standard InChI is InChI=1S/C14H20N2OS/c15-14(18)12-6-1-2-7-13(12)16-9-8-11-5-3-4-10-17-11/h1-2,6-7,11,16H,3-5,8-10H2,(H2,15,18). The van der Waals surface area contributed by atoms with Gasteiger partial charge in [0.1, 0.15) is 4.99 Å². The SMILES string of the molecule is NC(=S)c1ccccc1NCCC1CCCCO1. The Labute approximate surface area is 114 Å². The van der Waals surface area contributed by atoms with E-state index in [1.54, 1.807) is 0 Å². The highest BCUT2D eigenvalue weighted by atomic mass is 32.1. The Hall–Kier alpha value is -1.13. The van der Waals surface area contributed by atoms with E-state index >= 15 is 0 Å². The number of nitrogens with one attached hydrogen (secondary N) is 1. The van der Waals surface area contributed by atoms with Crippen LogP contribution in [0.2, 0.25) is 0 Å². The van der Waals surface area contributed by atoms with Crippen molar-refractivity contribution in [1.82, 2.24) is 0 Å². The summed E-state index contributed by atoms with van der Waals surface area (Å²) in [5.74, 6) is 0. The molecule has 1 heterocycles. The fourth-order valence-corrected chi connectivity index (χ4v) is 2.43. The lowest BCUT2D eigenvalue weighted by Crippen LogP contribution is -2.22. The topological polar surface area (TPSA) is 47.3 Å². The number of hydrogen-bond donors (Lipinski definition) is 2. The molecule has 3 nitrogen and oxygen atoms in total. The summed E-state index contributed by atoms with van der Waals surface area (Å²) in [5.41, 5.74) is 7.62. The van der Waals surface area contributed by atoms with Gasteiger partial charge in [0.15, 0.2) is 0 Å². The summed E-state index contributed by atoms with van der Waals surface area (Å²) in [6.07, 6.45) is 5.11. The molecule has 0 bridgehead atoms. The van der Waals surface area contributed by atoms with Crippen LogP contribution in [0.25, 0.3) is 0 Å². The highest BCUT2D eigenvalue weighted by Gasteiger charge is 2.13. The molecule has 1 aromatic carbocycles. The number of hydrogen-bond acceptors (Lipinski definition) is 3. The van der Waals surface area contributed by atoms with Gasteiger partial charge < -0.3 is 15.8 Å². The van der Waals surface area contributed by atoms with Crippen molar-refractivity contribution in [2.75, 3.05) is 18.5 Å². The van der Waals surface area contributed by atoms with E-state index in [4.69, 9.17) is 22.7 Å². The highest BCUT2D eigenvalue weighted by Crippen LogP contribution is 2.18. The van der Waals surface area contributed by atoms with Gasteiger partial charge in [-0.1, -0.05) is 24.4 Å². The van der Waals surface area contributed by atoms with Gasteiger partial charge in [0.2, 0.25) is 0 Å². The van der Waals surface area contributed by atoms with E-state index in [0.29, 0.717) is 11.1 Å². The van der Waals surface area contributed by atoms with Gasteiger partial charge in [0.25, 0.3) is 0 Å². The van der Waals surface area contributed by atoms with Gasteiger partial charge >= 0.3 is 0 Å². The summed E-state index contributed by atoms with van der Waals surface area (Å²) in [6.45, 7) is 1.80. The summed E-state index contributed by atoms with van der Waals surface area (Å²) < 4.78 is 5.70. The Bertz CT molecular complexity index is 403. The third kappa shape index (κ3) is 3.68. The van der Waals surface area contributed by atoms with E-state index in [9.17, 15) is 0 Å². The summed E-state index contributed by atoms with van der Waals surface area (Å²) in [4.78, 5) is 0.437. The first-order valence-electron chi connectivity index (χ1n) is 6.51. The van der Waals surface area contributed by atoms with Crippen molar-refractivity contribution in [2.45, 2.75) is 31.8 Å². The first-order valence-corrected chi connectivity index (χ1v) is 6.92. The molecule has 1 aromatic rings. The van der Waals surface area contributed by atoms with Crippen LogP contribution in [-0.4, -0.2) is 24.2 Å². The number of thiocarbonyl (C=S) groups is 1. The van der Waals surface area contributed by atoms with Crippen LogP contribution in [0.5, 0.6) is 0 Å². The van der Waals surface area contributed by atoms with Crippen molar-refractivity contribution in [1.29, 1.82) is 0 Å². The molecule has 1 aliphatic heterocycles. The molecule has 1 fully saturated rings. The third-order valence-electron chi connectivity index (χ3n) is 3.25. The minimum atomic E-state index is 0.406. The van der Waals surface area contributed by atoms with Crippen LogP contribution in [0.15, 0.2) is 24.3 Å². The van der Waals surface area contributed by atoms with E-state index in [-0.39, 0.29) is 0 Å². The number of benzene rings is 1. The second kappa shape index (κ2) is 6.71. The lowest BCUT2D eigenvalue weighted by Gasteiger charge is -2.23. The normalized spacial score (nSPS) is 19.4. The predicted octanol–water partition coefficient (Wildman–Crippen LogP) is 2.69. The Morgan fingerprint density at radius 1 is 1.39 bits per heavy atom. The largest absolute Gasteiger partial charge is 0.389 e. The number of anilines is 1. The second-order valence-corrected chi connectivity index (χ2v) is 5.05. The number of rotatable bonds is 5. The van der Waals surface area contributed by atoms with Crippen LogP contribution in [0, 0.1) is 0 Å². The van der Waals surface area contributed by atoms with Gasteiger partial charge in [-0.3, -0.25) is 0 Å². The molecule has 1 saturated heterocycles. The number of nitrogens with two attached hydrogens (primary N) is 1. The smallest absolute Gasteiger partial charge is 0.106 e. The van der Waals surface area contributed by atoms with Crippen LogP contribution < -0.4 is 11.1 Å². The van der Waals surface area contributed by atoms with Gasteiger partial charge in [0, 0.05) is 24.4 Å². The molecule has 0 saturated carbocycles. The highest BCUT2D eigenvalue weighted by molar-refractivity contribution is 7.80. The van der Waals surface area contributed by atoms with Gasteiger partial charge in [-0.2, -0.15) is 0 Å². The maximum absolute atomic E-state index is 5.70. The van der Waals surface area contributed by atoms with Crippen molar-refractivity contribution >= 4 is 22.9 Å². The van der Waals surface area contributed by atoms with Crippen LogP contribution in [0.4, 0.5) is 5.69 Å². The molecule has 18 heavy (non-hydrogen) atoms. The summed E-state index contributed by atoms with van der Waals surface area (Å²) in [5, 5.41) is 3.39. The Balaban J connectivity index is 1.84. The molecule has 1 unspecified atom stereocenters. The second-order valence-electron chi connectivity index (χ2n) is 4.61. The van der Waals surface area contributed by atoms with E-state index in [2.05, 4.69) is 5.32 Å². The number of para-hydroxylation sites is 1. The zero-order chi connectivity index (χ0) is 12.8. The Morgan fingerprint density at radius 3 is 2.94 bits per heavy atom. The van der Waals surface area contributed by atoms with Gasteiger partial charge in [-0.25, -0.2) is 0 Å². The number of ether oxygens (including phenoxy) is 1. The Kier molecular flexibility index (Phi) is 4.96. The molecule has 1 aliphatic rings. The fourth-order valence-electron chi connectivity index (χ4n) is 2.26. The predicted molar refractivity (Wildman–Crippen MR) is 79.0 cm³/mol. The molecule has 2 rings (SSSR count). The molecule has 98 valence electrons. The third-order valence-corrected chi connectivity index (χ3v) is 3.47. The van der Waals surface area contributed by atoms with Crippen molar-refractivity contribution in [3.05, 3.63) is 29.8 Å². The van der Waals surface area contributed by atoms with E-state index in [1.165, 1.54) is 19.3 Å². The van der Waals surface area contributed by atoms with Gasteiger partial charge in [-0.15, -0.1) is 0 Å². The zero-order valence-electron chi connectivity index (χ0n) is 10.5. The van der Waals surface area contributed by atoms with Crippen molar-refractivity contribution in [3.8, 4) is 0 Å². The van der Waals surface area contributed by atoms with Gasteiger partial charge in [0.05, 0.1) is 6.10 Å². The molecular weight excluding hydrogens is 244 g/mol. The summed E-state index contributed by atoms with van der Waals surface area (Å²) in [7, 11) is 0. The average Bonchev–Trinajstić information content (AvgIpc) is 2.40. The minimum Gasteiger partial charge on any atom is -0.389 e. The van der Waals surface area contributed by atoms with Crippen LogP contribution in [0.1, 0.15) is 31.2 Å². The molecule has 0 amide bonds. The van der Waals surface area contributed by atoms with Crippen LogP contribution in [0.3, 0.4) is 0 Å². The van der Waals surface area contributed by atoms with Crippen molar-refractivity contribution < 1.29 is 4.74 Å². The fraction of sp³-hybridized carbons (Fsp3) is 0.500. The quantitative estimate of drug-likeness (QED) is 0.803. The van der Waals surface area contributed by atoms with E-state index in [0.717, 1.165) is 30.8 Å². The zero-order valence-corrected chi connectivity index (χ0v) is 11.3. The molecule has 3 N–H and O–H groups in total. The van der Waals surface area contributed by atoms with Crippen molar-refractivity contribution in [2.24, 2.45) is 5.73 Å². The first kappa shape index (κ1) is 13.3.